The van der Waals surface area contributed by atoms with Gasteiger partial charge in [-0.25, -0.2) is 13.1 Å². The van der Waals surface area contributed by atoms with Crippen LogP contribution in [0.2, 0.25) is 0 Å². The summed E-state index contributed by atoms with van der Waals surface area (Å²) in [7, 11) is -2.31. The van der Waals surface area contributed by atoms with Gasteiger partial charge in [0, 0.05) is 19.5 Å². The highest BCUT2D eigenvalue weighted by Crippen LogP contribution is 2.32. The SMILES string of the molecule is COc1ccccc1S(=O)(=O)NCCc1nnc2ccc(NCc3ccc4c(c3)OCO4)nn12. The zero-order valence-electron chi connectivity index (χ0n) is 18.3. The normalized spacial score (nSPS) is 12.7. The van der Waals surface area contributed by atoms with E-state index in [1.165, 1.54) is 13.2 Å². The van der Waals surface area contributed by atoms with Crippen molar-refractivity contribution < 1.29 is 22.6 Å². The number of fused-ring (bicyclic) bond motifs is 2. The highest BCUT2D eigenvalue weighted by atomic mass is 32.2. The van der Waals surface area contributed by atoms with Gasteiger partial charge >= 0.3 is 0 Å². The number of para-hydroxylation sites is 1. The lowest BCUT2D eigenvalue weighted by Gasteiger charge is -2.10. The number of anilines is 1. The molecule has 1 aliphatic rings. The molecule has 2 aromatic heterocycles. The van der Waals surface area contributed by atoms with Crippen LogP contribution in [-0.2, 0) is 23.0 Å². The second-order valence-electron chi connectivity index (χ2n) is 7.44. The van der Waals surface area contributed by atoms with Gasteiger partial charge in [-0.15, -0.1) is 15.3 Å². The Balaban J connectivity index is 1.25. The molecule has 0 saturated heterocycles. The summed E-state index contributed by atoms with van der Waals surface area (Å²) in [5, 5.41) is 16.1. The molecule has 5 rings (SSSR count). The van der Waals surface area contributed by atoms with Crippen molar-refractivity contribution in [3.8, 4) is 17.2 Å². The van der Waals surface area contributed by atoms with E-state index in [2.05, 4.69) is 25.3 Å². The maximum atomic E-state index is 12.7. The van der Waals surface area contributed by atoms with Gasteiger partial charge < -0.3 is 19.5 Å². The first-order chi connectivity index (χ1) is 16.5. The summed E-state index contributed by atoms with van der Waals surface area (Å²) in [5.41, 5.74) is 1.58. The third-order valence-electron chi connectivity index (χ3n) is 5.24. The van der Waals surface area contributed by atoms with Gasteiger partial charge in [-0.3, -0.25) is 0 Å². The number of sulfonamides is 1. The first-order valence-corrected chi connectivity index (χ1v) is 12.0. The third-order valence-corrected chi connectivity index (χ3v) is 6.74. The van der Waals surface area contributed by atoms with E-state index in [9.17, 15) is 8.42 Å². The molecular formula is C22H22N6O5S. The predicted octanol–water partition coefficient (Wildman–Crippen LogP) is 1.99. The molecular weight excluding hydrogens is 460 g/mol. The Labute approximate surface area is 195 Å². The minimum absolute atomic E-state index is 0.0803. The van der Waals surface area contributed by atoms with Crippen molar-refractivity contribution in [3.63, 3.8) is 0 Å². The molecule has 34 heavy (non-hydrogen) atoms. The number of methoxy groups -OCH3 is 1. The van der Waals surface area contributed by atoms with Gasteiger partial charge in [-0.1, -0.05) is 18.2 Å². The zero-order chi connectivity index (χ0) is 23.5. The molecule has 0 atom stereocenters. The molecule has 0 amide bonds. The van der Waals surface area contributed by atoms with E-state index in [0.717, 1.165) is 17.1 Å². The quantitative estimate of drug-likeness (QED) is 0.368. The smallest absolute Gasteiger partial charge is 0.244 e. The molecule has 3 heterocycles. The average molecular weight is 483 g/mol. The molecule has 1 aliphatic heterocycles. The number of nitrogens with one attached hydrogen (secondary N) is 2. The predicted molar refractivity (Wildman–Crippen MR) is 123 cm³/mol. The van der Waals surface area contributed by atoms with Crippen LogP contribution in [0.25, 0.3) is 5.65 Å². The Kier molecular flexibility index (Phi) is 5.90. The summed E-state index contributed by atoms with van der Waals surface area (Å²) < 4.78 is 45.4. The minimum Gasteiger partial charge on any atom is -0.495 e. The fourth-order valence-electron chi connectivity index (χ4n) is 3.54. The van der Waals surface area contributed by atoms with Crippen LogP contribution in [0.4, 0.5) is 5.82 Å². The number of ether oxygens (including phenoxy) is 3. The van der Waals surface area contributed by atoms with Gasteiger partial charge in [0.25, 0.3) is 0 Å². The van der Waals surface area contributed by atoms with Crippen LogP contribution in [0.5, 0.6) is 17.2 Å². The first kappa shape index (κ1) is 21.9. The number of nitrogens with zero attached hydrogens (tertiary/aromatic N) is 4. The van der Waals surface area contributed by atoms with Crippen molar-refractivity contribution in [2.45, 2.75) is 17.9 Å². The molecule has 2 N–H and O–H groups in total. The van der Waals surface area contributed by atoms with Crippen LogP contribution in [0, 0.1) is 0 Å². The van der Waals surface area contributed by atoms with Gasteiger partial charge in [0.15, 0.2) is 23.0 Å². The Bertz CT molecular complexity index is 1440. The van der Waals surface area contributed by atoms with E-state index in [0.29, 0.717) is 30.3 Å². The van der Waals surface area contributed by atoms with Gasteiger partial charge in [0.05, 0.1) is 7.11 Å². The van der Waals surface area contributed by atoms with Crippen LogP contribution < -0.4 is 24.2 Å². The van der Waals surface area contributed by atoms with Gasteiger partial charge in [0.2, 0.25) is 16.8 Å². The summed E-state index contributed by atoms with van der Waals surface area (Å²) in [6.07, 6.45) is 0.300. The molecule has 0 spiro atoms. The Morgan fingerprint density at radius 3 is 2.79 bits per heavy atom. The molecule has 4 aromatic rings. The van der Waals surface area contributed by atoms with Crippen LogP contribution in [0.1, 0.15) is 11.4 Å². The first-order valence-electron chi connectivity index (χ1n) is 10.5. The number of rotatable bonds is 9. The highest BCUT2D eigenvalue weighted by molar-refractivity contribution is 7.89. The van der Waals surface area contributed by atoms with E-state index in [1.807, 2.05) is 24.3 Å². The lowest BCUT2D eigenvalue weighted by Crippen LogP contribution is -2.27. The minimum atomic E-state index is -3.75. The molecule has 2 aromatic carbocycles. The second kappa shape index (κ2) is 9.15. The largest absolute Gasteiger partial charge is 0.495 e. The van der Waals surface area contributed by atoms with Crippen molar-refractivity contribution in [2.24, 2.45) is 0 Å². The topological polar surface area (TPSA) is 129 Å². The monoisotopic (exact) mass is 482 g/mol. The lowest BCUT2D eigenvalue weighted by atomic mass is 10.2. The number of aromatic nitrogens is 4. The summed E-state index contributed by atoms with van der Waals surface area (Å²) in [5.74, 6) is 2.89. The molecule has 176 valence electrons. The van der Waals surface area contributed by atoms with E-state index >= 15 is 0 Å². The summed E-state index contributed by atoms with van der Waals surface area (Å²) in [6, 6.07) is 15.8. The number of hydrogen-bond acceptors (Lipinski definition) is 9. The van der Waals surface area contributed by atoms with Crippen LogP contribution in [-0.4, -0.2) is 48.7 Å². The average Bonchev–Trinajstić information content (AvgIpc) is 3.49. The van der Waals surface area contributed by atoms with Crippen molar-refractivity contribution >= 4 is 21.5 Å². The molecule has 12 heteroatoms. The van der Waals surface area contributed by atoms with Crippen molar-refractivity contribution in [3.05, 3.63) is 66.0 Å². The standard InChI is InChI=1S/C22H22N6O5S/c1-31-17-4-2-3-5-19(17)34(29,30)24-11-10-22-26-25-21-9-8-20(27-28(21)22)23-13-15-6-7-16-18(12-15)33-14-32-16/h2-9,12,24H,10-11,13-14H2,1H3,(H,23,27). The van der Waals surface area contributed by atoms with Crippen molar-refractivity contribution in [1.82, 2.24) is 24.5 Å². The maximum absolute atomic E-state index is 12.7. The maximum Gasteiger partial charge on any atom is 0.244 e. The van der Waals surface area contributed by atoms with Crippen LogP contribution >= 0.6 is 0 Å². The van der Waals surface area contributed by atoms with Gasteiger partial charge in [-0.05, 0) is 42.0 Å². The summed E-state index contributed by atoms with van der Waals surface area (Å²) >= 11 is 0. The molecule has 0 radical (unpaired) electrons. The second-order valence-corrected chi connectivity index (χ2v) is 9.18. The van der Waals surface area contributed by atoms with E-state index in [1.54, 1.807) is 28.8 Å². The van der Waals surface area contributed by atoms with E-state index in [4.69, 9.17) is 14.2 Å². The third kappa shape index (κ3) is 4.45. The van der Waals surface area contributed by atoms with E-state index < -0.39 is 10.0 Å². The molecule has 11 nitrogen and oxygen atoms in total. The zero-order valence-corrected chi connectivity index (χ0v) is 19.1. The van der Waals surface area contributed by atoms with Crippen molar-refractivity contribution in [2.75, 3.05) is 25.8 Å². The Morgan fingerprint density at radius 1 is 1.06 bits per heavy atom. The molecule has 0 aliphatic carbocycles. The fourth-order valence-corrected chi connectivity index (χ4v) is 4.74. The highest BCUT2D eigenvalue weighted by Gasteiger charge is 2.19. The van der Waals surface area contributed by atoms with Gasteiger partial charge in [0.1, 0.15) is 16.5 Å². The summed E-state index contributed by atoms with van der Waals surface area (Å²) in [4.78, 5) is 0.0803. The molecule has 0 unspecified atom stereocenters. The number of hydrogen-bond donors (Lipinski definition) is 2. The van der Waals surface area contributed by atoms with E-state index in [-0.39, 0.29) is 24.0 Å². The summed E-state index contributed by atoms with van der Waals surface area (Å²) in [6.45, 7) is 0.888. The lowest BCUT2D eigenvalue weighted by molar-refractivity contribution is 0.174. The molecule has 0 bridgehead atoms. The molecule has 0 saturated carbocycles. The Hall–Kier alpha value is -3.90. The molecule has 0 fully saturated rings. The number of benzene rings is 2. The van der Waals surface area contributed by atoms with Gasteiger partial charge in [-0.2, -0.15) is 4.52 Å². The van der Waals surface area contributed by atoms with Crippen LogP contribution in [0.15, 0.2) is 59.5 Å². The van der Waals surface area contributed by atoms with Crippen molar-refractivity contribution in [1.29, 1.82) is 0 Å². The Morgan fingerprint density at radius 2 is 1.91 bits per heavy atom. The van der Waals surface area contributed by atoms with Crippen LogP contribution in [0.3, 0.4) is 0 Å². The fraction of sp³-hybridized carbons (Fsp3) is 0.227.